The highest BCUT2D eigenvalue weighted by Gasteiger charge is 2.16. The van der Waals surface area contributed by atoms with Crippen molar-refractivity contribution in [3.05, 3.63) is 71.7 Å². The maximum absolute atomic E-state index is 13.0. The number of anilines is 1. The van der Waals surface area contributed by atoms with E-state index in [1.54, 1.807) is 30.1 Å². The first-order valence-electron chi connectivity index (χ1n) is 7.20. The monoisotopic (exact) mass is 309 g/mol. The molecule has 1 heterocycles. The van der Waals surface area contributed by atoms with Gasteiger partial charge in [0.2, 0.25) is 0 Å². The quantitative estimate of drug-likeness (QED) is 0.800. The van der Waals surface area contributed by atoms with Gasteiger partial charge < -0.3 is 4.90 Å². The fraction of sp³-hybridized carbons (Fsp3) is 0.111. The van der Waals surface area contributed by atoms with E-state index in [9.17, 15) is 9.18 Å². The second kappa shape index (κ2) is 6.04. The highest BCUT2D eigenvalue weighted by Crippen LogP contribution is 2.20. The van der Waals surface area contributed by atoms with Crippen LogP contribution in [-0.2, 0) is 0 Å². The molecule has 0 aliphatic carbocycles. The van der Waals surface area contributed by atoms with Crippen LogP contribution in [0.4, 0.5) is 10.1 Å². The molecule has 0 aliphatic heterocycles. The van der Waals surface area contributed by atoms with Crippen LogP contribution in [0.2, 0.25) is 0 Å². The van der Waals surface area contributed by atoms with Gasteiger partial charge in [0.1, 0.15) is 11.5 Å². The predicted octanol–water partition coefficient (Wildman–Crippen LogP) is 3.80. The Morgan fingerprint density at radius 3 is 2.39 bits per heavy atom. The van der Waals surface area contributed by atoms with Crippen molar-refractivity contribution >= 4 is 11.6 Å². The van der Waals surface area contributed by atoms with E-state index in [4.69, 9.17) is 0 Å². The maximum Gasteiger partial charge on any atom is 0.276 e. The molecule has 0 aliphatic rings. The Labute approximate surface area is 133 Å². The van der Waals surface area contributed by atoms with E-state index in [1.165, 1.54) is 12.1 Å². The summed E-state index contributed by atoms with van der Waals surface area (Å²) in [6.07, 6.45) is 0. The molecule has 0 bridgehead atoms. The summed E-state index contributed by atoms with van der Waals surface area (Å²) in [6, 6.07) is 15.3. The van der Waals surface area contributed by atoms with Crippen molar-refractivity contribution < 1.29 is 9.18 Å². The number of hydrogen-bond donors (Lipinski definition) is 1. The summed E-state index contributed by atoms with van der Waals surface area (Å²) < 4.78 is 13.0. The number of amides is 1. The molecule has 1 aromatic heterocycles. The van der Waals surface area contributed by atoms with Gasteiger partial charge in [-0.15, -0.1) is 0 Å². The van der Waals surface area contributed by atoms with Gasteiger partial charge in [0.05, 0.1) is 5.69 Å². The molecule has 0 fully saturated rings. The molecule has 1 N–H and O–H groups in total. The lowest BCUT2D eigenvalue weighted by Gasteiger charge is -2.16. The molecule has 23 heavy (non-hydrogen) atoms. The van der Waals surface area contributed by atoms with Crippen LogP contribution in [-0.4, -0.2) is 23.2 Å². The van der Waals surface area contributed by atoms with Crippen molar-refractivity contribution in [2.75, 3.05) is 11.9 Å². The average Bonchev–Trinajstić information content (AvgIpc) is 3.05. The Kier molecular flexibility index (Phi) is 3.93. The Morgan fingerprint density at radius 1 is 1.09 bits per heavy atom. The molecular weight excluding hydrogens is 293 g/mol. The Bertz CT molecular complexity index is 822. The van der Waals surface area contributed by atoms with Crippen LogP contribution in [0.15, 0.2) is 54.6 Å². The van der Waals surface area contributed by atoms with Gasteiger partial charge in [-0.2, -0.15) is 5.10 Å². The molecule has 0 spiro atoms. The summed E-state index contributed by atoms with van der Waals surface area (Å²) in [7, 11) is 1.71. The van der Waals surface area contributed by atoms with Crippen molar-refractivity contribution in [1.82, 2.24) is 10.2 Å². The van der Waals surface area contributed by atoms with Gasteiger partial charge in [-0.25, -0.2) is 4.39 Å². The van der Waals surface area contributed by atoms with E-state index in [2.05, 4.69) is 10.2 Å². The highest BCUT2D eigenvalue weighted by molar-refractivity contribution is 6.04. The number of nitrogens with zero attached hydrogens (tertiary/aromatic N) is 2. The van der Waals surface area contributed by atoms with Crippen LogP contribution < -0.4 is 4.90 Å². The molecule has 116 valence electrons. The number of halogens is 1. The third kappa shape index (κ3) is 3.13. The van der Waals surface area contributed by atoms with Gasteiger partial charge in [-0.3, -0.25) is 9.89 Å². The summed E-state index contributed by atoms with van der Waals surface area (Å²) in [5.41, 5.74) is 3.67. The number of carbonyl (C=O) groups is 1. The zero-order valence-electron chi connectivity index (χ0n) is 12.9. The molecule has 0 saturated carbocycles. The number of carbonyl (C=O) groups excluding carboxylic acids is 1. The normalized spacial score (nSPS) is 10.6. The number of hydrogen-bond acceptors (Lipinski definition) is 2. The standard InChI is InChI=1S/C18H16FN3O/c1-12-3-9-15(10-4-12)22(2)18(23)17-11-16(20-21-17)13-5-7-14(19)8-6-13/h3-11H,1-2H3,(H,20,21). The third-order valence-electron chi connectivity index (χ3n) is 3.67. The lowest BCUT2D eigenvalue weighted by atomic mass is 10.1. The smallest absolute Gasteiger partial charge is 0.276 e. The summed E-state index contributed by atoms with van der Waals surface area (Å²) >= 11 is 0. The molecule has 2 aromatic carbocycles. The lowest BCUT2D eigenvalue weighted by molar-refractivity contribution is 0.0988. The number of nitrogens with one attached hydrogen (secondary N) is 1. The molecule has 0 radical (unpaired) electrons. The van der Waals surface area contributed by atoms with Crippen molar-refractivity contribution in [1.29, 1.82) is 0 Å². The maximum atomic E-state index is 13.0. The van der Waals surface area contributed by atoms with Crippen LogP contribution in [0.25, 0.3) is 11.3 Å². The molecular formula is C18H16FN3O. The van der Waals surface area contributed by atoms with Gasteiger partial charge in [0.15, 0.2) is 0 Å². The minimum Gasteiger partial charge on any atom is -0.310 e. The van der Waals surface area contributed by atoms with Gasteiger partial charge >= 0.3 is 0 Å². The number of aromatic nitrogens is 2. The van der Waals surface area contributed by atoms with E-state index in [0.717, 1.165) is 16.8 Å². The average molecular weight is 309 g/mol. The van der Waals surface area contributed by atoms with Gasteiger partial charge in [-0.1, -0.05) is 17.7 Å². The molecule has 3 aromatic rings. The summed E-state index contributed by atoms with van der Waals surface area (Å²) in [5, 5.41) is 6.88. The van der Waals surface area contributed by atoms with Crippen molar-refractivity contribution in [2.24, 2.45) is 0 Å². The molecule has 1 amide bonds. The van der Waals surface area contributed by atoms with E-state index >= 15 is 0 Å². The van der Waals surface area contributed by atoms with Crippen LogP contribution in [0.3, 0.4) is 0 Å². The SMILES string of the molecule is Cc1ccc(N(C)C(=O)c2cc(-c3ccc(F)cc3)n[nH]2)cc1. The fourth-order valence-electron chi connectivity index (χ4n) is 2.27. The third-order valence-corrected chi connectivity index (χ3v) is 3.67. The minimum absolute atomic E-state index is 0.185. The van der Waals surface area contributed by atoms with Gasteiger partial charge in [0.25, 0.3) is 5.91 Å². The second-order valence-electron chi connectivity index (χ2n) is 5.37. The second-order valence-corrected chi connectivity index (χ2v) is 5.37. The van der Waals surface area contributed by atoms with Gasteiger partial charge in [0, 0.05) is 18.3 Å². The van der Waals surface area contributed by atoms with E-state index in [0.29, 0.717) is 11.4 Å². The van der Waals surface area contributed by atoms with Crippen molar-refractivity contribution in [2.45, 2.75) is 6.92 Å². The largest absolute Gasteiger partial charge is 0.310 e. The van der Waals surface area contributed by atoms with E-state index in [1.807, 2.05) is 31.2 Å². The van der Waals surface area contributed by atoms with Crippen LogP contribution >= 0.6 is 0 Å². The number of rotatable bonds is 3. The molecule has 0 saturated heterocycles. The molecule has 3 rings (SSSR count). The first kappa shape index (κ1) is 15.0. The highest BCUT2D eigenvalue weighted by atomic mass is 19.1. The molecule has 5 heteroatoms. The number of H-pyrrole nitrogens is 1. The zero-order valence-corrected chi connectivity index (χ0v) is 12.9. The zero-order chi connectivity index (χ0) is 16.4. The van der Waals surface area contributed by atoms with Gasteiger partial charge in [-0.05, 0) is 49.4 Å². The topological polar surface area (TPSA) is 49.0 Å². The van der Waals surface area contributed by atoms with Crippen LogP contribution in [0, 0.1) is 12.7 Å². The Morgan fingerprint density at radius 2 is 1.74 bits per heavy atom. The van der Waals surface area contributed by atoms with Crippen molar-refractivity contribution in [3.63, 3.8) is 0 Å². The number of aromatic amines is 1. The predicted molar refractivity (Wildman–Crippen MR) is 87.9 cm³/mol. The van der Waals surface area contributed by atoms with E-state index < -0.39 is 0 Å². The number of aryl methyl sites for hydroxylation is 1. The fourth-order valence-corrected chi connectivity index (χ4v) is 2.27. The minimum atomic E-state index is -0.306. The van der Waals surface area contributed by atoms with Crippen molar-refractivity contribution in [3.8, 4) is 11.3 Å². The first-order chi connectivity index (χ1) is 11.0. The Hall–Kier alpha value is -2.95. The molecule has 4 nitrogen and oxygen atoms in total. The van der Waals surface area contributed by atoms with Crippen LogP contribution in [0.5, 0.6) is 0 Å². The summed E-state index contributed by atoms with van der Waals surface area (Å²) in [6.45, 7) is 2.00. The Balaban J connectivity index is 1.83. The number of benzene rings is 2. The van der Waals surface area contributed by atoms with E-state index in [-0.39, 0.29) is 11.7 Å². The first-order valence-corrected chi connectivity index (χ1v) is 7.20. The molecule has 0 unspecified atom stereocenters. The van der Waals surface area contributed by atoms with Crippen LogP contribution in [0.1, 0.15) is 16.1 Å². The summed E-state index contributed by atoms with van der Waals surface area (Å²) in [5.74, 6) is -0.491. The summed E-state index contributed by atoms with van der Waals surface area (Å²) in [4.78, 5) is 14.1. The molecule has 0 atom stereocenters. The lowest BCUT2D eigenvalue weighted by Crippen LogP contribution is -2.26.